The van der Waals surface area contributed by atoms with Crippen LogP contribution in [0.15, 0.2) is 24.3 Å². The first-order chi connectivity index (χ1) is 9.86. The van der Waals surface area contributed by atoms with E-state index in [4.69, 9.17) is 5.11 Å². The smallest absolute Gasteiger partial charge is 0.147 e. The zero-order chi connectivity index (χ0) is 13.8. The van der Waals surface area contributed by atoms with Gasteiger partial charge < -0.3 is 15.0 Å². The minimum atomic E-state index is 0.0888. The quantitative estimate of drug-likeness (QED) is 0.863. The summed E-state index contributed by atoms with van der Waals surface area (Å²) in [5.74, 6) is 2.15. The molecule has 2 N–H and O–H groups in total. The van der Waals surface area contributed by atoms with E-state index in [1.807, 2.05) is 18.2 Å². The first kappa shape index (κ1) is 13.3. The Morgan fingerprint density at radius 2 is 2.05 bits per heavy atom. The molecule has 5 heteroatoms. The maximum atomic E-state index is 9.13. The van der Waals surface area contributed by atoms with Crippen LogP contribution in [0.2, 0.25) is 0 Å². The lowest BCUT2D eigenvalue weighted by Gasteiger charge is -2.14. The molecule has 0 amide bonds. The van der Waals surface area contributed by atoms with E-state index >= 15 is 0 Å². The minimum Gasteiger partial charge on any atom is -0.392 e. The zero-order valence-corrected chi connectivity index (χ0v) is 11.5. The van der Waals surface area contributed by atoms with Gasteiger partial charge in [-0.15, -0.1) is 10.2 Å². The van der Waals surface area contributed by atoms with Crippen molar-refractivity contribution >= 4 is 0 Å². The maximum absolute atomic E-state index is 9.13. The van der Waals surface area contributed by atoms with Crippen molar-refractivity contribution in [3.05, 3.63) is 47.0 Å². The second-order valence-corrected chi connectivity index (χ2v) is 5.22. The number of aryl methyl sites for hydroxylation is 1. The summed E-state index contributed by atoms with van der Waals surface area (Å²) in [4.78, 5) is 0. The van der Waals surface area contributed by atoms with Crippen LogP contribution in [0, 0.1) is 0 Å². The third-order valence-corrected chi connectivity index (χ3v) is 3.72. The zero-order valence-electron chi connectivity index (χ0n) is 11.5. The van der Waals surface area contributed by atoms with Gasteiger partial charge in [-0.05, 0) is 24.0 Å². The van der Waals surface area contributed by atoms with Crippen molar-refractivity contribution in [3.63, 3.8) is 0 Å². The average molecular weight is 272 g/mol. The van der Waals surface area contributed by atoms with Crippen molar-refractivity contribution in [2.24, 2.45) is 0 Å². The molecule has 3 rings (SSSR count). The highest BCUT2D eigenvalue weighted by molar-refractivity contribution is 5.22. The molecule has 0 fully saturated rings. The van der Waals surface area contributed by atoms with Gasteiger partial charge in [-0.3, -0.25) is 0 Å². The first-order valence-electron chi connectivity index (χ1n) is 7.17. The lowest BCUT2D eigenvalue weighted by Crippen LogP contribution is -2.19. The minimum absolute atomic E-state index is 0.0888. The molecule has 0 unspecified atom stereocenters. The molecule has 20 heavy (non-hydrogen) atoms. The molecule has 2 heterocycles. The van der Waals surface area contributed by atoms with E-state index in [1.54, 1.807) is 0 Å². The molecule has 0 saturated carbocycles. The predicted molar refractivity (Wildman–Crippen MR) is 75.9 cm³/mol. The number of hydrogen-bond acceptors (Lipinski definition) is 4. The van der Waals surface area contributed by atoms with E-state index in [0.717, 1.165) is 43.3 Å². The van der Waals surface area contributed by atoms with Crippen LogP contribution >= 0.6 is 0 Å². The molecule has 0 bridgehead atoms. The van der Waals surface area contributed by atoms with Gasteiger partial charge in [-0.1, -0.05) is 24.3 Å². The van der Waals surface area contributed by atoms with Crippen LogP contribution in [0.4, 0.5) is 0 Å². The number of aliphatic hydroxyl groups is 1. The summed E-state index contributed by atoms with van der Waals surface area (Å²) >= 11 is 0. The van der Waals surface area contributed by atoms with Crippen LogP contribution in [0.25, 0.3) is 0 Å². The molecule has 106 valence electrons. The van der Waals surface area contributed by atoms with E-state index in [0.29, 0.717) is 0 Å². The molecule has 0 atom stereocenters. The SMILES string of the molecule is OCc1cccc(CNCc2nnc3n2CCCC3)c1. The lowest BCUT2D eigenvalue weighted by atomic mass is 10.1. The molecule has 1 aliphatic heterocycles. The van der Waals surface area contributed by atoms with Gasteiger partial charge in [0, 0.05) is 19.5 Å². The summed E-state index contributed by atoms with van der Waals surface area (Å²) in [5, 5.41) is 21.1. The van der Waals surface area contributed by atoms with E-state index < -0.39 is 0 Å². The average Bonchev–Trinajstić information content (AvgIpc) is 2.91. The Kier molecular flexibility index (Phi) is 4.08. The van der Waals surface area contributed by atoms with Gasteiger partial charge in [0.15, 0.2) is 0 Å². The van der Waals surface area contributed by atoms with E-state index in [9.17, 15) is 0 Å². The van der Waals surface area contributed by atoms with Gasteiger partial charge in [-0.2, -0.15) is 0 Å². The number of aliphatic hydroxyl groups excluding tert-OH is 1. The number of fused-ring (bicyclic) bond motifs is 1. The van der Waals surface area contributed by atoms with Crippen molar-refractivity contribution in [2.45, 2.75) is 45.5 Å². The van der Waals surface area contributed by atoms with Gasteiger partial charge in [0.2, 0.25) is 0 Å². The molecule has 0 radical (unpaired) electrons. The van der Waals surface area contributed by atoms with E-state index in [1.165, 1.54) is 18.4 Å². The Morgan fingerprint density at radius 3 is 2.95 bits per heavy atom. The van der Waals surface area contributed by atoms with Crippen LogP contribution in [-0.2, 0) is 32.7 Å². The third kappa shape index (κ3) is 2.89. The van der Waals surface area contributed by atoms with E-state index in [-0.39, 0.29) is 6.61 Å². The van der Waals surface area contributed by atoms with Gasteiger partial charge in [0.05, 0.1) is 13.2 Å². The normalized spacial score (nSPS) is 14.2. The molecule has 0 spiro atoms. The van der Waals surface area contributed by atoms with Crippen molar-refractivity contribution in [3.8, 4) is 0 Å². The Bertz CT molecular complexity index is 579. The Labute approximate surface area is 118 Å². The maximum Gasteiger partial charge on any atom is 0.147 e. The highest BCUT2D eigenvalue weighted by atomic mass is 16.3. The van der Waals surface area contributed by atoms with Crippen LogP contribution in [-0.4, -0.2) is 19.9 Å². The summed E-state index contributed by atoms with van der Waals surface area (Å²) in [6.45, 7) is 2.64. The standard InChI is InChI=1S/C15H20N4O/c20-11-13-5-3-4-12(8-13)9-16-10-15-18-17-14-6-1-2-7-19(14)15/h3-5,8,16,20H,1-2,6-7,9-11H2. The summed E-state index contributed by atoms with van der Waals surface area (Å²) < 4.78 is 2.24. The number of nitrogens with one attached hydrogen (secondary N) is 1. The fourth-order valence-corrected chi connectivity index (χ4v) is 2.66. The molecule has 0 aliphatic carbocycles. The van der Waals surface area contributed by atoms with Gasteiger partial charge in [0.1, 0.15) is 11.6 Å². The number of nitrogens with zero attached hydrogens (tertiary/aromatic N) is 3. The molecule has 5 nitrogen and oxygen atoms in total. The van der Waals surface area contributed by atoms with E-state index in [2.05, 4.69) is 26.1 Å². The van der Waals surface area contributed by atoms with Crippen molar-refractivity contribution in [1.29, 1.82) is 0 Å². The van der Waals surface area contributed by atoms with Crippen LogP contribution in [0.5, 0.6) is 0 Å². The van der Waals surface area contributed by atoms with Crippen molar-refractivity contribution in [2.75, 3.05) is 0 Å². The number of hydrogen-bond donors (Lipinski definition) is 2. The number of rotatable bonds is 5. The second-order valence-electron chi connectivity index (χ2n) is 5.22. The molecule has 2 aromatic rings. The molecule has 1 aromatic heterocycles. The molecular weight excluding hydrogens is 252 g/mol. The monoisotopic (exact) mass is 272 g/mol. The molecule has 0 saturated heterocycles. The van der Waals surface area contributed by atoms with Gasteiger partial charge >= 0.3 is 0 Å². The summed E-state index contributed by atoms with van der Waals surface area (Å²) in [7, 11) is 0. The molecule has 1 aliphatic rings. The van der Waals surface area contributed by atoms with Gasteiger partial charge in [0.25, 0.3) is 0 Å². The molecular formula is C15H20N4O. The highest BCUT2D eigenvalue weighted by Gasteiger charge is 2.14. The topological polar surface area (TPSA) is 63.0 Å². The Balaban J connectivity index is 1.58. The van der Waals surface area contributed by atoms with Crippen molar-refractivity contribution < 1.29 is 5.11 Å². The number of aromatic nitrogens is 3. The predicted octanol–water partition coefficient (Wildman–Crippen LogP) is 1.40. The molecule has 1 aromatic carbocycles. The van der Waals surface area contributed by atoms with Crippen LogP contribution in [0.3, 0.4) is 0 Å². The second kappa shape index (κ2) is 6.15. The fourth-order valence-electron chi connectivity index (χ4n) is 2.66. The third-order valence-electron chi connectivity index (χ3n) is 3.72. The lowest BCUT2D eigenvalue weighted by molar-refractivity contribution is 0.281. The van der Waals surface area contributed by atoms with Crippen LogP contribution < -0.4 is 5.32 Å². The Hall–Kier alpha value is -1.72. The van der Waals surface area contributed by atoms with Crippen molar-refractivity contribution in [1.82, 2.24) is 20.1 Å². The summed E-state index contributed by atoms with van der Waals surface area (Å²) in [6.07, 6.45) is 3.49. The first-order valence-corrected chi connectivity index (χ1v) is 7.17. The summed E-state index contributed by atoms with van der Waals surface area (Å²) in [6, 6.07) is 7.98. The highest BCUT2D eigenvalue weighted by Crippen LogP contribution is 2.14. The largest absolute Gasteiger partial charge is 0.392 e. The number of benzene rings is 1. The fraction of sp³-hybridized carbons (Fsp3) is 0.467. The van der Waals surface area contributed by atoms with Gasteiger partial charge in [-0.25, -0.2) is 0 Å². The van der Waals surface area contributed by atoms with Crippen LogP contribution in [0.1, 0.15) is 35.6 Å². The summed E-state index contributed by atoms with van der Waals surface area (Å²) in [5.41, 5.74) is 2.12. The Morgan fingerprint density at radius 1 is 1.15 bits per heavy atom.